The molecule has 5 heterocycles. The van der Waals surface area contributed by atoms with Gasteiger partial charge in [0.1, 0.15) is 35.2 Å². The Hall–Kier alpha value is -7.20. The summed E-state index contributed by atoms with van der Waals surface area (Å²) < 4.78 is 55.9. The molecule has 4 aliphatic rings. The number of ether oxygens (including phenoxy) is 3. The van der Waals surface area contributed by atoms with Crippen molar-refractivity contribution in [2.45, 2.75) is 128 Å². The first-order valence-electron chi connectivity index (χ1n) is 26.1. The van der Waals surface area contributed by atoms with Crippen LogP contribution >= 0.6 is 0 Å². The van der Waals surface area contributed by atoms with Gasteiger partial charge >= 0.3 is 18.5 Å². The van der Waals surface area contributed by atoms with Gasteiger partial charge in [-0.15, -0.1) is 13.2 Å². The van der Waals surface area contributed by atoms with E-state index in [1.165, 1.54) is 37.4 Å². The molecule has 5 amide bonds. The van der Waals surface area contributed by atoms with E-state index in [2.05, 4.69) is 35.6 Å². The van der Waals surface area contributed by atoms with Gasteiger partial charge < -0.3 is 55.0 Å². The van der Waals surface area contributed by atoms with Crippen molar-refractivity contribution in [1.29, 1.82) is 0 Å². The van der Waals surface area contributed by atoms with E-state index in [0.29, 0.717) is 66.1 Å². The molecule has 3 fully saturated rings. The average Bonchev–Trinajstić information content (AvgIpc) is 4.19. The van der Waals surface area contributed by atoms with E-state index in [-0.39, 0.29) is 47.0 Å². The summed E-state index contributed by atoms with van der Waals surface area (Å²) in [7, 11) is 2.50. The maximum Gasteiger partial charge on any atom is 0.573 e. The molecule has 2 aromatic heterocycles. The number of aromatic amines is 1. The number of carbonyl (C=O) groups excluding carboxylic acids is 5. The summed E-state index contributed by atoms with van der Waals surface area (Å²) in [6.45, 7) is 12.2. The maximum absolute atomic E-state index is 14.2. The first kappa shape index (κ1) is 56.0. The molecule has 5 N–H and O–H groups in total. The fourth-order valence-corrected chi connectivity index (χ4v) is 11.4. The molecular weight excluding hydrogens is 1000 g/mol. The standard InChI is InChI=1S/C55H69F3N10O9/c1-31(2)45(63-52(73)75-7)49(70)67-23-11-22-54(67,6)51(72)65-24-25-66(33(5)30-65)44-21-19-38(28-59-44)61-48(69)37-18-20-39(43(27-37)77-55(56,57)58)34-14-16-35(17-15-34)40-29-60-47(62-40)42-26-36-12-9-10-13-41(36)68(42)50(71)46(32(3)4)64-53(74)76-8/h11,14-21,23,27-29,31-33,36,41-42,45-46,50,71H,9-10,12-13,22,24-26,30H2,1-8H3,(H,60,62)(H,61,69)(H,63,73)(H,64,74)/t33-,36+,41+,42+,45+,46+,50?,54+/m1/s1. The molecule has 0 spiro atoms. The van der Waals surface area contributed by atoms with Gasteiger partial charge in [-0.2, -0.15) is 0 Å². The van der Waals surface area contributed by atoms with Crippen molar-refractivity contribution in [2.24, 2.45) is 17.8 Å². The smallest absolute Gasteiger partial charge is 0.453 e. The summed E-state index contributed by atoms with van der Waals surface area (Å²) in [4.78, 5) is 85.8. The van der Waals surface area contributed by atoms with Crippen LogP contribution < -0.4 is 25.6 Å². The lowest BCUT2D eigenvalue weighted by Gasteiger charge is -2.45. The van der Waals surface area contributed by atoms with Crippen molar-refractivity contribution in [3.63, 3.8) is 0 Å². The quantitative estimate of drug-likeness (QED) is 0.0758. The fourth-order valence-electron chi connectivity index (χ4n) is 11.4. The van der Waals surface area contributed by atoms with Gasteiger partial charge in [-0.3, -0.25) is 19.3 Å². The van der Waals surface area contributed by atoms with E-state index in [4.69, 9.17) is 14.5 Å². The summed E-state index contributed by atoms with van der Waals surface area (Å²) in [6, 6.07) is 12.1. The molecule has 1 aliphatic carbocycles. The van der Waals surface area contributed by atoms with Crippen molar-refractivity contribution in [1.82, 2.24) is 40.3 Å². The van der Waals surface area contributed by atoms with Crippen LogP contribution in [0.25, 0.3) is 22.4 Å². The number of pyridine rings is 1. The molecule has 2 aromatic carbocycles. The highest BCUT2D eigenvalue weighted by Gasteiger charge is 2.50. The maximum atomic E-state index is 14.2. The molecule has 77 heavy (non-hydrogen) atoms. The number of alkyl halides is 3. The average molecular weight is 1070 g/mol. The van der Waals surface area contributed by atoms with E-state index in [0.717, 1.165) is 38.2 Å². The number of methoxy groups -OCH3 is 2. The van der Waals surface area contributed by atoms with Gasteiger partial charge in [-0.05, 0) is 98.7 Å². The molecule has 3 aliphatic heterocycles. The summed E-state index contributed by atoms with van der Waals surface area (Å²) >= 11 is 0. The zero-order chi connectivity index (χ0) is 55.5. The number of imidazole rings is 1. The number of aliphatic hydroxyl groups is 1. The van der Waals surface area contributed by atoms with Gasteiger partial charge in [0.25, 0.3) is 5.91 Å². The van der Waals surface area contributed by atoms with Gasteiger partial charge in [0.15, 0.2) is 0 Å². The normalized spacial score (nSPS) is 22.8. The zero-order valence-corrected chi connectivity index (χ0v) is 44.6. The summed E-state index contributed by atoms with van der Waals surface area (Å²) in [6.07, 6.45) is 4.16. The molecule has 414 valence electrons. The fraction of sp³-hybridized carbons (Fsp3) is 0.509. The SMILES string of the molecule is COC(=O)N[C@@H](C(C)C)C(O)N1[C@H](c2ncc(-c3ccc(-c4ccc(C(=O)Nc5ccc(N6CCN(C(=O)[C@]7(C)CC=CN7C(=O)[C@@H](NC(=O)OC)C(C)C)C[C@H]6C)nc5)cc4OC(F)(F)F)cc3)[nH]2)C[C@@H]2CCCC[C@@H]21. The first-order chi connectivity index (χ1) is 36.6. The van der Waals surface area contributed by atoms with Crippen molar-refractivity contribution >= 4 is 41.4 Å². The molecule has 0 bridgehead atoms. The Morgan fingerprint density at radius 2 is 1.57 bits per heavy atom. The number of fused-ring (bicyclic) bond motifs is 1. The van der Waals surface area contributed by atoms with Gasteiger partial charge in [-0.1, -0.05) is 70.9 Å². The number of anilines is 2. The van der Waals surface area contributed by atoms with Crippen molar-refractivity contribution < 1.29 is 56.5 Å². The molecule has 19 nitrogen and oxygen atoms in total. The van der Waals surface area contributed by atoms with Crippen LogP contribution in [0.3, 0.4) is 0 Å². The van der Waals surface area contributed by atoms with Crippen molar-refractivity contribution in [3.8, 4) is 28.1 Å². The number of H-pyrrole nitrogens is 1. The molecule has 1 unspecified atom stereocenters. The number of benzene rings is 2. The third kappa shape index (κ3) is 12.2. The number of piperazine rings is 1. The van der Waals surface area contributed by atoms with Crippen LogP contribution in [0.4, 0.5) is 34.3 Å². The van der Waals surface area contributed by atoms with E-state index in [1.807, 2.05) is 25.7 Å². The number of likely N-dealkylation sites (tertiary alicyclic amines) is 1. The summed E-state index contributed by atoms with van der Waals surface area (Å²) in [5.41, 5.74) is 0.867. The number of halogens is 3. The lowest BCUT2D eigenvalue weighted by atomic mass is 9.84. The van der Waals surface area contributed by atoms with Gasteiger partial charge in [0.05, 0.1) is 50.1 Å². The van der Waals surface area contributed by atoms with E-state index in [9.17, 15) is 42.3 Å². The number of hydrogen-bond acceptors (Lipinski definition) is 13. The third-order valence-electron chi connectivity index (χ3n) is 15.4. The predicted octanol–water partition coefficient (Wildman–Crippen LogP) is 8.22. The number of alkyl carbamates (subject to hydrolysis) is 2. The molecule has 8 atom stereocenters. The monoisotopic (exact) mass is 1070 g/mol. The summed E-state index contributed by atoms with van der Waals surface area (Å²) in [5.74, 6) is -0.741. The number of nitrogens with one attached hydrogen (secondary N) is 4. The van der Waals surface area contributed by atoms with E-state index >= 15 is 0 Å². The Morgan fingerprint density at radius 1 is 0.870 bits per heavy atom. The van der Waals surface area contributed by atoms with Crippen LogP contribution in [-0.2, 0) is 19.1 Å². The molecular formula is C55H69F3N10O9. The number of hydrogen-bond donors (Lipinski definition) is 5. The number of rotatable bonds is 15. The van der Waals surface area contributed by atoms with Crippen LogP contribution in [0, 0.1) is 17.8 Å². The predicted molar refractivity (Wildman–Crippen MR) is 280 cm³/mol. The van der Waals surface area contributed by atoms with Crippen molar-refractivity contribution in [2.75, 3.05) is 44.1 Å². The van der Waals surface area contributed by atoms with Crippen LogP contribution in [0.15, 0.2) is 79.3 Å². The Balaban J connectivity index is 0.917. The van der Waals surface area contributed by atoms with E-state index in [1.54, 1.807) is 80.5 Å². The number of aromatic nitrogens is 3. The lowest BCUT2D eigenvalue weighted by Crippen LogP contribution is -2.63. The van der Waals surface area contributed by atoms with E-state index < -0.39 is 60.0 Å². The minimum atomic E-state index is -5.07. The molecule has 22 heteroatoms. The number of amides is 5. The Morgan fingerprint density at radius 3 is 2.22 bits per heavy atom. The van der Waals surface area contributed by atoms with Crippen LogP contribution in [0.1, 0.15) is 102 Å². The highest BCUT2D eigenvalue weighted by atomic mass is 19.4. The number of nitrogens with zero attached hydrogens (tertiary/aromatic N) is 6. The number of carbonyl (C=O) groups is 5. The molecule has 0 radical (unpaired) electrons. The Kier molecular flexibility index (Phi) is 16.9. The van der Waals surface area contributed by atoms with Gasteiger partial charge in [0.2, 0.25) is 11.8 Å². The van der Waals surface area contributed by atoms with Crippen LogP contribution in [0.5, 0.6) is 5.75 Å². The minimum Gasteiger partial charge on any atom is -0.453 e. The lowest BCUT2D eigenvalue weighted by molar-refractivity contribution is -0.274. The molecule has 8 rings (SSSR count). The zero-order valence-electron chi connectivity index (χ0n) is 44.6. The molecule has 2 saturated heterocycles. The second-order valence-corrected chi connectivity index (χ2v) is 21.2. The van der Waals surface area contributed by atoms with Gasteiger partial charge in [-0.25, -0.2) is 19.6 Å². The van der Waals surface area contributed by atoms with Crippen LogP contribution in [0.2, 0.25) is 0 Å². The first-order valence-corrected chi connectivity index (χ1v) is 26.1. The number of aliphatic hydroxyl groups excluding tert-OH is 1. The van der Waals surface area contributed by atoms with Crippen molar-refractivity contribution in [3.05, 3.63) is 90.7 Å². The Bertz CT molecular complexity index is 2810. The largest absolute Gasteiger partial charge is 0.573 e. The third-order valence-corrected chi connectivity index (χ3v) is 15.4. The second-order valence-electron chi connectivity index (χ2n) is 21.2. The highest BCUT2D eigenvalue weighted by molar-refractivity contribution is 6.05. The topological polar surface area (TPSA) is 224 Å². The Labute approximate surface area is 445 Å². The highest BCUT2D eigenvalue weighted by Crippen LogP contribution is 2.47. The molecule has 4 aromatic rings. The van der Waals surface area contributed by atoms with Crippen LogP contribution in [-0.4, -0.2) is 141 Å². The molecule has 1 saturated carbocycles. The minimum absolute atomic E-state index is 0.0920. The summed E-state index contributed by atoms with van der Waals surface area (Å²) in [5, 5.41) is 20.0. The second kappa shape index (κ2) is 23.2. The van der Waals surface area contributed by atoms with Gasteiger partial charge in [0, 0.05) is 49.0 Å².